The lowest BCUT2D eigenvalue weighted by molar-refractivity contribution is -0.147. The number of carbonyl (C=O) groups excluding carboxylic acids is 2. The Bertz CT molecular complexity index is 845. The number of thioether (sulfide) groups is 1. The summed E-state index contributed by atoms with van der Waals surface area (Å²) in [6.07, 6.45) is 1.98. The van der Waals surface area contributed by atoms with Crippen LogP contribution in [0.25, 0.3) is 10.4 Å². The zero-order chi connectivity index (χ0) is 18.1. The summed E-state index contributed by atoms with van der Waals surface area (Å²) in [5.74, 6) is 1.13. The second-order valence-electron chi connectivity index (χ2n) is 6.46. The lowest BCUT2D eigenvalue weighted by Crippen LogP contribution is -2.50. The summed E-state index contributed by atoms with van der Waals surface area (Å²) in [6.45, 7) is 2.73. The van der Waals surface area contributed by atoms with E-state index in [2.05, 4.69) is 18.2 Å². The van der Waals surface area contributed by atoms with E-state index in [1.54, 1.807) is 34.9 Å². The first-order valence-corrected chi connectivity index (χ1v) is 10.9. The summed E-state index contributed by atoms with van der Waals surface area (Å²) in [5.41, 5.74) is 3.84. The van der Waals surface area contributed by atoms with E-state index >= 15 is 0 Å². The van der Waals surface area contributed by atoms with Crippen molar-refractivity contribution >= 4 is 35.0 Å². The number of fused-ring (bicyclic) bond motifs is 3. The molecule has 1 atom stereocenters. The van der Waals surface area contributed by atoms with E-state index in [0.717, 1.165) is 23.5 Å². The van der Waals surface area contributed by atoms with Gasteiger partial charge in [-0.1, -0.05) is 24.3 Å². The third-order valence-electron chi connectivity index (χ3n) is 4.89. The van der Waals surface area contributed by atoms with E-state index < -0.39 is 6.04 Å². The zero-order valence-corrected chi connectivity index (χ0v) is 16.3. The average molecular weight is 388 g/mol. The number of hydrogen-bond donors (Lipinski definition) is 0. The Balaban J connectivity index is 1.63. The SMILES string of the molecule is CCOC(=O)[C@H]1CSCCN1C(=O)c1cc2c(s1)-c1ccccc1CC2. The molecule has 0 unspecified atom stereocenters. The average Bonchev–Trinajstić information content (AvgIpc) is 3.12. The fraction of sp³-hybridized carbons (Fsp3) is 0.400. The molecule has 4 rings (SSSR count). The van der Waals surface area contributed by atoms with E-state index in [1.165, 1.54) is 21.6 Å². The molecule has 1 aliphatic carbocycles. The topological polar surface area (TPSA) is 46.6 Å². The van der Waals surface area contributed by atoms with Crippen LogP contribution in [0, 0.1) is 0 Å². The first-order valence-electron chi connectivity index (χ1n) is 8.95. The maximum absolute atomic E-state index is 13.2. The molecule has 1 amide bonds. The molecule has 1 saturated heterocycles. The molecule has 1 fully saturated rings. The second kappa shape index (κ2) is 7.45. The lowest BCUT2D eigenvalue weighted by Gasteiger charge is -2.33. The van der Waals surface area contributed by atoms with Crippen LogP contribution < -0.4 is 0 Å². The van der Waals surface area contributed by atoms with Crippen LogP contribution in [0.5, 0.6) is 0 Å². The molecule has 0 bridgehead atoms. The number of esters is 1. The van der Waals surface area contributed by atoms with E-state index in [1.807, 2.05) is 12.1 Å². The Morgan fingerprint density at radius 3 is 2.88 bits per heavy atom. The van der Waals surface area contributed by atoms with Gasteiger partial charge in [-0.15, -0.1) is 11.3 Å². The molecule has 136 valence electrons. The van der Waals surface area contributed by atoms with Gasteiger partial charge in [-0.3, -0.25) is 4.79 Å². The molecule has 1 aliphatic heterocycles. The number of ether oxygens (including phenoxy) is 1. The van der Waals surface area contributed by atoms with Crippen LogP contribution in [0.2, 0.25) is 0 Å². The Morgan fingerprint density at radius 1 is 1.23 bits per heavy atom. The number of rotatable bonds is 3. The van der Waals surface area contributed by atoms with Crippen molar-refractivity contribution < 1.29 is 14.3 Å². The molecule has 0 spiro atoms. The second-order valence-corrected chi connectivity index (χ2v) is 8.67. The third-order valence-corrected chi connectivity index (χ3v) is 7.11. The van der Waals surface area contributed by atoms with Crippen LogP contribution in [0.1, 0.15) is 27.7 Å². The maximum Gasteiger partial charge on any atom is 0.329 e. The van der Waals surface area contributed by atoms with Crippen LogP contribution in [0.4, 0.5) is 0 Å². The number of aryl methyl sites for hydroxylation is 2. The fourth-order valence-electron chi connectivity index (χ4n) is 3.60. The van der Waals surface area contributed by atoms with Crippen molar-refractivity contribution in [1.29, 1.82) is 0 Å². The first kappa shape index (κ1) is 17.6. The number of benzene rings is 1. The van der Waals surface area contributed by atoms with Crippen molar-refractivity contribution in [1.82, 2.24) is 4.90 Å². The highest BCUT2D eigenvalue weighted by Crippen LogP contribution is 2.40. The summed E-state index contributed by atoms with van der Waals surface area (Å²) >= 11 is 3.26. The third kappa shape index (κ3) is 3.16. The molecule has 0 saturated carbocycles. The van der Waals surface area contributed by atoms with Gasteiger partial charge in [0.2, 0.25) is 0 Å². The Labute approximate surface area is 161 Å². The minimum absolute atomic E-state index is 0.0414. The molecule has 4 nitrogen and oxygen atoms in total. The van der Waals surface area contributed by atoms with Crippen LogP contribution in [0.15, 0.2) is 30.3 Å². The fourth-order valence-corrected chi connectivity index (χ4v) is 5.86. The van der Waals surface area contributed by atoms with E-state index in [9.17, 15) is 9.59 Å². The van der Waals surface area contributed by atoms with Crippen molar-refractivity contribution in [2.75, 3.05) is 24.7 Å². The predicted molar refractivity (Wildman–Crippen MR) is 106 cm³/mol. The molecule has 2 aliphatic rings. The van der Waals surface area contributed by atoms with Crippen LogP contribution in [0.3, 0.4) is 0 Å². The highest BCUT2D eigenvalue weighted by Gasteiger charge is 2.35. The molecule has 0 radical (unpaired) electrons. The summed E-state index contributed by atoms with van der Waals surface area (Å²) in [6, 6.07) is 9.97. The summed E-state index contributed by atoms with van der Waals surface area (Å²) < 4.78 is 5.18. The van der Waals surface area contributed by atoms with Gasteiger partial charge in [0.15, 0.2) is 0 Å². The quantitative estimate of drug-likeness (QED) is 0.755. The van der Waals surface area contributed by atoms with Gasteiger partial charge in [-0.2, -0.15) is 11.8 Å². The Morgan fingerprint density at radius 2 is 2.04 bits per heavy atom. The minimum atomic E-state index is -0.479. The predicted octanol–water partition coefficient (Wildman–Crippen LogP) is 3.63. The summed E-state index contributed by atoms with van der Waals surface area (Å²) in [5, 5.41) is 0. The highest BCUT2D eigenvalue weighted by molar-refractivity contribution is 7.99. The van der Waals surface area contributed by atoms with Crippen LogP contribution >= 0.6 is 23.1 Å². The molecule has 2 heterocycles. The van der Waals surface area contributed by atoms with Gasteiger partial charge in [0.05, 0.1) is 11.5 Å². The zero-order valence-electron chi connectivity index (χ0n) is 14.7. The van der Waals surface area contributed by atoms with Crippen molar-refractivity contribution in [2.24, 2.45) is 0 Å². The van der Waals surface area contributed by atoms with Crippen molar-refractivity contribution in [3.05, 3.63) is 46.3 Å². The normalized spacial score (nSPS) is 18.8. The van der Waals surface area contributed by atoms with E-state index in [4.69, 9.17) is 4.74 Å². The van der Waals surface area contributed by atoms with Gasteiger partial charge in [0, 0.05) is 22.9 Å². The monoisotopic (exact) mass is 387 g/mol. The van der Waals surface area contributed by atoms with E-state index in [-0.39, 0.29) is 11.9 Å². The highest BCUT2D eigenvalue weighted by atomic mass is 32.2. The van der Waals surface area contributed by atoms with Crippen LogP contribution in [-0.4, -0.2) is 47.5 Å². The molecule has 26 heavy (non-hydrogen) atoms. The molecule has 1 aromatic heterocycles. The van der Waals surface area contributed by atoms with E-state index in [0.29, 0.717) is 18.9 Å². The number of thiophene rings is 1. The minimum Gasteiger partial charge on any atom is -0.464 e. The number of carbonyl (C=O) groups is 2. The Kier molecular flexibility index (Phi) is 5.05. The summed E-state index contributed by atoms with van der Waals surface area (Å²) in [7, 11) is 0. The van der Waals surface area contributed by atoms with Gasteiger partial charge in [-0.05, 0) is 42.5 Å². The number of nitrogens with zero attached hydrogens (tertiary/aromatic N) is 1. The molecule has 0 N–H and O–H groups in total. The smallest absolute Gasteiger partial charge is 0.329 e. The van der Waals surface area contributed by atoms with Crippen molar-refractivity contribution in [2.45, 2.75) is 25.8 Å². The molecule has 2 aromatic rings. The van der Waals surface area contributed by atoms with Crippen LogP contribution in [-0.2, 0) is 22.4 Å². The van der Waals surface area contributed by atoms with Gasteiger partial charge in [0.25, 0.3) is 5.91 Å². The number of amides is 1. The van der Waals surface area contributed by atoms with Gasteiger partial charge >= 0.3 is 5.97 Å². The standard InChI is InChI=1S/C20H21NO3S2/c1-2-24-20(23)16-12-25-10-9-21(16)19(22)17-11-14-8-7-13-5-3-4-6-15(13)18(14)26-17/h3-6,11,16H,2,7-10,12H2,1H3/t16-/m1/s1. The molecule has 6 heteroatoms. The molecular formula is C20H21NO3S2. The first-order chi connectivity index (χ1) is 12.7. The molecular weight excluding hydrogens is 366 g/mol. The Hall–Kier alpha value is -1.79. The largest absolute Gasteiger partial charge is 0.464 e. The number of hydrogen-bond acceptors (Lipinski definition) is 5. The lowest BCUT2D eigenvalue weighted by atomic mass is 9.91. The van der Waals surface area contributed by atoms with Crippen molar-refractivity contribution in [3.63, 3.8) is 0 Å². The van der Waals surface area contributed by atoms with Gasteiger partial charge in [0.1, 0.15) is 6.04 Å². The summed E-state index contributed by atoms with van der Waals surface area (Å²) in [4.78, 5) is 29.1. The molecule has 1 aromatic carbocycles. The van der Waals surface area contributed by atoms with Gasteiger partial charge in [-0.25, -0.2) is 4.79 Å². The van der Waals surface area contributed by atoms with Crippen molar-refractivity contribution in [3.8, 4) is 10.4 Å². The maximum atomic E-state index is 13.2. The van der Waals surface area contributed by atoms with Gasteiger partial charge < -0.3 is 9.64 Å².